The Hall–Kier alpha value is -3.32. The molecule has 2 atom stereocenters. The Morgan fingerprint density at radius 1 is 1.00 bits per heavy atom. The molecule has 0 spiro atoms. The van der Waals surface area contributed by atoms with Crippen LogP contribution in [0.5, 0.6) is 0 Å². The fourth-order valence-electron chi connectivity index (χ4n) is 4.39. The lowest BCUT2D eigenvalue weighted by atomic mass is 10.0. The Kier molecular flexibility index (Phi) is 17.6. The lowest BCUT2D eigenvalue weighted by molar-refractivity contribution is -0.272. The maximum Gasteiger partial charge on any atom is 0.399 e. The highest BCUT2D eigenvalue weighted by atomic mass is 32.2. The molecular formula is C27H39N5O18P2S2. The molecule has 0 unspecified atom stereocenters. The molecule has 0 saturated carbocycles. The number of hydrogen-bond donors (Lipinski definition) is 3. The number of carboxylic acids is 1. The normalized spacial score (nSPS) is 17.6. The minimum atomic E-state index is -4.87. The van der Waals surface area contributed by atoms with E-state index in [9.17, 15) is 38.2 Å². The first kappa shape index (κ1) is 45.1. The molecule has 1 aromatic rings. The van der Waals surface area contributed by atoms with Crippen LogP contribution in [0.15, 0.2) is 21.8 Å². The highest BCUT2D eigenvalue weighted by Gasteiger charge is 2.57. The van der Waals surface area contributed by atoms with Gasteiger partial charge in [-0.2, -0.15) is 0 Å². The summed E-state index contributed by atoms with van der Waals surface area (Å²) >= 11 is 1.95. The molecule has 0 aliphatic carbocycles. The van der Waals surface area contributed by atoms with Gasteiger partial charge in [-0.15, -0.1) is 41.8 Å². The lowest BCUT2D eigenvalue weighted by Crippen LogP contribution is -2.71. The molecule has 2 aliphatic heterocycles. The summed E-state index contributed by atoms with van der Waals surface area (Å²) in [4.78, 5) is 92.3. The Morgan fingerprint density at radius 3 is 2.04 bits per heavy atom. The van der Waals surface area contributed by atoms with Gasteiger partial charge in [-0.1, -0.05) is 5.16 Å². The fourth-order valence-corrected chi connectivity index (χ4v) is 10.5. The third kappa shape index (κ3) is 11.4. The van der Waals surface area contributed by atoms with E-state index in [-0.39, 0.29) is 60.9 Å². The van der Waals surface area contributed by atoms with Gasteiger partial charge in [-0.05, 0) is 27.7 Å². The number of anilines is 1. The van der Waals surface area contributed by atoms with Crippen molar-refractivity contribution in [1.82, 2.24) is 15.2 Å². The average molecular weight is 848 g/mol. The lowest BCUT2D eigenvalue weighted by Gasteiger charge is -2.49. The van der Waals surface area contributed by atoms with Crippen LogP contribution in [-0.2, 0) is 80.9 Å². The third-order valence-electron chi connectivity index (χ3n) is 6.57. The van der Waals surface area contributed by atoms with Gasteiger partial charge >= 0.3 is 27.1 Å². The molecular weight excluding hydrogens is 808 g/mol. The van der Waals surface area contributed by atoms with Gasteiger partial charge in [0.15, 0.2) is 16.2 Å². The second-order valence-corrected chi connectivity index (χ2v) is 16.7. The van der Waals surface area contributed by atoms with Gasteiger partial charge in [0.1, 0.15) is 36.5 Å². The molecule has 3 amide bonds. The van der Waals surface area contributed by atoms with Crippen LogP contribution >= 0.6 is 38.3 Å². The molecule has 3 N–H and O–H groups in total. The summed E-state index contributed by atoms with van der Waals surface area (Å²) in [5.41, 5.74) is -0.696. The van der Waals surface area contributed by atoms with Crippen LogP contribution in [0.2, 0.25) is 0 Å². The average Bonchev–Trinajstić information content (AvgIpc) is 3.60. The molecule has 302 valence electrons. The Morgan fingerprint density at radius 2 is 1.56 bits per heavy atom. The number of thioether (sulfide) groups is 1. The van der Waals surface area contributed by atoms with E-state index < -0.39 is 73.8 Å². The Balaban J connectivity index is 1.81. The number of thiazole rings is 1. The Labute approximate surface area is 316 Å². The molecule has 3 rings (SSSR count). The highest BCUT2D eigenvalue weighted by Crippen LogP contribution is 2.72. The molecule has 27 heteroatoms. The summed E-state index contributed by atoms with van der Waals surface area (Å²) in [6.07, 6.45) is -0.974. The van der Waals surface area contributed by atoms with Gasteiger partial charge in [0, 0.05) is 23.6 Å². The second kappa shape index (κ2) is 21.1. The fraction of sp³-hybridized carbons (Fsp3) is 0.593. The molecule has 1 aromatic heterocycles. The van der Waals surface area contributed by atoms with Gasteiger partial charge in [-0.25, -0.2) is 29.3 Å². The van der Waals surface area contributed by atoms with Crippen molar-refractivity contribution in [3.63, 3.8) is 0 Å². The van der Waals surface area contributed by atoms with Crippen LogP contribution in [0.25, 0.3) is 0 Å². The number of carbonyl (C=O) groups excluding carboxylic acids is 4. The number of carbonyl (C=O) groups is 5. The van der Waals surface area contributed by atoms with Crippen molar-refractivity contribution in [3.05, 3.63) is 22.3 Å². The van der Waals surface area contributed by atoms with Crippen molar-refractivity contribution < 1.29 is 86.0 Å². The van der Waals surface area contributed by atoms with E-state index in [1.54, 1.807) is 0 Å². The summed E-state index contributed by atoms with van der Waals surface area (Å²) in [6.45, 7) is 6.11. The van der Waals surface area contributed by atoms with E-state index in [0.29, 0.717) is 0 Å². The molecule has 0 radical (unpaired) electrons. The molecule has 1 saturated heterocycles. The number of ether oxygens (including phenoxy) is 1. The zero-order valence-electron chi connectivity index (χ0n) is 29.7. The van der Waals surface area contributed by atoms with Crippen LogP contribution in [0.1, 0.15) is 46.7 Å². The van der Waals surface area contributed by atoms with Crippen LogP contribution in [0.3, 0.4) is 0 Å². The molecule has 3 heterocycles. The predicted molar refractivity (Wildman–Crippen MR) is 185 cm³/mol. The molecule has 2 aliphatic rings. The second-order valence-electron chi connectivity index (χ2n) is 10.3. The van der Waals surface area contributed by atoms with Gasteiger partial charge in [0.2, 0.25) is 5.91 Å². The molecule has 0 bridgehead atoms. The first-order valence-electron chi connectivity index (χ1n) is 15.8. The number of amides is 3. The van der Waals surface area contributed by atoms with Gasteiger partial charge < -0.3 is 25.3 Å². The van der Waals surface area contributed by atoms with E-state index in [4.69, 9.17) is 47.8 Å². The SMILES string of the molecule is CCOOP(=O)(OOCC)C(CC(=O)Nc1nc(/C(=N/OC)C(=O)N[C@@H]2C(=O)N3C(C(=O)O)=C(COC(C)=O)CS[C@H]23)cs1)P(=O)(OOCC)OOCC. The van der Waals surface area contributed by atoms with Crippen molar-refractivity contribution >= 4 is 78.8 Å². The number of aromatic nitrogens is 1. The van der Waals surface area contributed by atoms with Crippen LogP contribution in [0.4, 0.5) is 5.13 Å². The number of rotatable bonds is 24. The van der Waals surface area contributed by atoms with E-state index in [1.807, 2.05) is 0 Å². The van der Waals surface area contributed by atoms with Crippen molar-refractivity contribution in [2.45, 2.75) is 57.9 Å². The van der Waals surface area contributed by atoms with Crippen LogP contribution in [-0.4, -0.2) is 113 Å². The maximum absolute atomic E-state index is 13.9. The number of esters is 1. The number of nitrogens with zero attached hydrogens (tertiary/aromatic N) is 3. The summed E-state index contributed by atoms with van der Waals surface area (Å²) in [7, 11) is -8.61. The summed E-state index contributed by atoms with van der Waals surface area (Å²) in [6, 6.07) is -1.18. The number of fused-ring (bicyclic) bond motifs is 1. The third-order valence-corrected chi connectivity index (χ3v) is 13.4. The van der Waals surface area contributed by atoms with E-state index in [2.05, 4.69) is 20.8 Å². The quantitative estimate of drug-likeness (QED) is 0.0337. The van der Waals surface area contributed by atoms with Crippen molar-refractivity contribution in [1.29, 1.82) is 0 Å². The number of β-lactam (4-membered cyclic amide) rings is 1. The standard InChI is InChI=1S/C27H39N5O18P2S2/c1-7-43-47-51(39,48-44-8-2)19(52(40,49-45-9-3)50-46-10-4)11-18(34)29-27-28-17(14-54-27)20(31-41-6)23(35)30-21-24(36)32-22(26(37)38)16(12-42-15(5)33)13-53-25(21)32/h14,19,21,25H,7-13H2,1-6H3,(H,30,35)(H,37,38)(H,28,29,34)/b31-20-/t21-,25-/m1/s1. The van der Waals surface area contributed by atoms with Gasteiger partial charge in [-0.3, -0.25) is 33.2 Å². The van der Waals surface area contributed by atoms with E-state index >= 15 is 0 Å². The van der Waals surface area contributed by atoms with Crippen LogP contribution < -0.4 is 10.6 Å². The summed E-state index contributed by atoms with van der Waals surface area (Å²) < 4.78 is 52.5. The van der Waals surface area contributed by atoms with Gasteiger partial charge in [0.25, 0.3) is 11.8 Å². The highest BCUT2D eigenvalue weighted by molar-refractivity contribution is 8.00. The number of oxime groups is 1. The van der Waals surface area contributed by atoms with Crippen molar-refractivity contribution in [2.75, 3.05) is 51.2 Å². The first-order chi connectivity index (χ1) is 25.7. The number of hydrogen-bond acceptors (Lipinski definition) is 21. The monoisotopic (exact) mass is 847 g/mol. The topological polar surface area (TPSA) is 285 Å². The summed E-state index contributed by atoms with van der Waals surface area (Å²) in [5.74, 6) is -4.62. The zero-order chi connectivity index (χ0) is 40.1. The van der Waals surface area contributed by atoms with Crippen LogP contribution in [0, 0.1) is 0 Å². The maximum atomic E-state index is 13.9. The zero-order valence-corrected chi connectivity index (χ0v) is 33.1. The van der Waals surface area contributed by atoms with Gasteiger partial charge in [0.05, 0.1) is 32.8 Å². The summed E-state index contributed by atoms with van der Waals surface area (Å²) in [5, 5.41) is 16.6. The number of carboxylic acid groups (broad SMARTS) is 1. The van der Waals surface area contributed by atoms with Crippen molar-refractivity contribution in [2.24, 2.45) is 5.16 Å². The molecule has 0 aromatic carbocycles. The minimum absolute atomic E-state index is 0.0979. The molecule has 23 nitrogen and oxygen atoms in total. The predicted octanol–water partition coefficient (Wildman–Crippen LogP) is 2.71. The molecule has 54 heavy (non-hydrogen) atoms. The minimum Gasteiger partial charge on any atom is -0.477 e. The molecule has 1 fully saturated rings. The Bertz CT molecular complexity index is 1630. The smallest absolute Gasteiger partial charge is 0.399 e. The van der Waals surface area contributed by atoms with E-state index in [0.717, 1.165) is 42.0 Å². The van der Waals surface area contributed by atoms with Crippen molar-refractivity contribution in [3.8, 4) is 0 Å². The number of aliphatic carboxylic acids is 1. The number of nitrogens with one attached hydrogen (secondary N) is 2. The largest absolute Gasteiger partial charge is 0.477 e. The van der Waals surface area contributed by atoms with E-state index in [1.165, 1.54) is 33.1 Å². The first-order valence-corrected chi connectivity index (χ1v) is 21.0.